The summed E-state index contributed by atoms with van der Waals surface area (Å²) < 4.78 is 11.1. The van der Waals surface area contributed by atoms with E-state index in [9.17, 15) is 4.79 Å². The third-order valence-electron chi connectivity index (χ3n) is 2.97. The standard InChI is InChI=1S/C14H24N2O3/c1-13(2,3)19-12(17)16-9-7-14(4,11-16)18-10-6-5-8-15/h5-7,9-11H2,1-4H3. The predicted octanol–water partition coefficient (Wildman–Crippen LogP) is 2.71. The zero-order valence-electron chi connectivity index (χ0n) is 12.4. The Morgan fingerprint density at radius 1 is 1.47 bits per heavy atom. The molecule has 1 aliphatic heterocycles. The van der Waals surface area contributed by atoms with Crippen molar-refractivity contribution in [1.29, 1.82) is 5.26 Å². The molecule has 1 heterocycles. The monoisotopic (exact) mass is 268 g/mol. The van der Waals surface area contributed by atoms with E-state index in [4.69, 9.17) is 14.7 Å². The van der Waals surface area contributed by atoms with Crippen molar-refractivity contribution in [2.24, 2.45) is 0 Å². The molecule has 1 aliphatic rings. The van der Waals surface area contributed by atoms with Crippen molar-refractivity contribution in [3.63, 3.8) is 0 Å². The Bertz CT molecular complexity index is 357. The van der Waals surface area contributed by atoms with Crippen molar-refractivity contribution in [1.82, 2.24) is 4.90 Å². The summed E-state index contributed by atoms with van der Waals surface area (Å²) in [5.41, 5.74) is -0.782. The SMILES string of the molecule is CC(C)(C)OC(=O)N1CCC(C)(OCCCC#N)C1. The van der Waals surface area contributed by atoms with Gasteiger partial charge in [0.1, 0.15) is 5.60 Å². The van der Waals surface area contributed by atoms with E-state index in [-0.39, 0.29) is 11.7 Å². The van der Waals surface area contributed by atoms with Gasteiger partial charge in [0.25, 0.3) is 0 Å². The molecule has 1 unspecified atom stereocenters. The molecule has 1 saturated heterocycles. The zero-order valence-corrected chi connectivity index (χ0v) is 12.4. The second kappa shape index (κ2) is 6.25. The van der Waals surface area contributed by atoms with E-state index in [0.29, 0.717) is 26.1 Å². The Balaban J connectivity index is 2.39. The van der Waals surface area contributed by atoms with Gasteiger partial charge in [0, 0.05) is 19.6 Å². The van der Waals surface area contributed by atoms with E-state index in [0.717, 1.165) is 12.8 Å². The first-order valence-electron chi connectivity index (χ1n) is 6.75. The lowest BCUT2D eigenvalue weighted by Crippen LogP contribution is -2.39. The molecule has 1 rings (SSSR count). The maximum atomic E-state index is 11.9. The number of hydrogen-bond donors (Lipinski definition) is 0. The van der Waals surface area contributed by atoms with E-state index in [1.54, 1.807) is 4.90 Å². The molecule has 0 spiro atoms. The first-order chi connectivity index (χ1) is 8.76. The van der Waals surface area contributed by atoms with Crippen LogP contribution < -0.4 is 0 Å². The fourth-order valence-corrected chi connectivity index (χ4v) is 2.00. The van der Waals surface area contributed by atoms with Crippen molar-refractivity contribution in [2.45, 2.75) is 58.2 Å². The molecule has 0 aromatic rings. The number of nitriles is 1. The minimum absolute atomic E-state index is 0.281. The highest BCUT2D eigenvalue weighted by Gasteiger charge is 2.38. The van der Waals surface area contributed by atoms with Crippen molar-refractivity contribution >= 4 is 6.09 Å². The quantitative estimate of drug-likeness (QED) is 0.735. The maximum absolute atomic E-state index is 11.9. The average Bonchev–Trinajstić information content (AvgIpc) is 2.66. The molecule has 1 amide bonds. The maximum Gasteiger partial charge on any atom is 0.410 e. The molecule has 0 bridgehead atoms. The van der Waals surface area contributed by atoms with Gasteiger partial charge in [-0.05, 0) is 40.5 Å². The molecule has 0 radical (unpaired) electrons. The average molecular weight is 268 g/mol. The van der Waals surface area contributed by atoms with Crippen LogP contribution in [0.5, 0.6) is 0 Å². The van der Waals surface area contributed by atoms with Gasteiger partial charge >= 0.3 is 6.09 Å². The molecule has 0 aromatic heterocycles. The summed E-state index contributed by atoms with van der Waals surface area (Å²) in [5, 5.41) is 8.47. The number of unbranched alkanes of at least 4 members (excludes halogenated alkanes) is 1. The van der Waals surface area contributed by atoms with Gasteiger partial charge in [0.05, 0.1) is 18.2 Å². The van der Waals surface area contributed by atoms with Gasteiger partial charge in [0.2, 0.25) is 0 Å². The number of carbonyl (C=O) groups is 1. The number of rotatable bonds is 4. The van der Waals surface area contributed by atoms with Gasteiger partial charge in [-0.15, -0.1) is 0 Å². The van der Waals surface area contributed by atoms with Crippen LogP contribution in [0.1, 0.15) is 47.0 Å². The summed E-state index contributed by atoms with van der Waals surface area (Å²) in [4.78, 5) is 13.6. The topological polar surface area (TPSA) is 62.6 Å². The van der Waals surface area contributed by atoms with E-state index >= 15 is 0 Å². The van der Waals surface area contributed by atoms with Crippen LogP contribution in [0.4, 0.5) is 4.79 Å². The van der Waals surface area contributed by atoms with E-state index < -0.39 is 5.60 Å². The first-order valence-corrected chi connectivity index (χ1v) is 6.75. The van der Waals surface area contributed by atoms with Gasteiger partial charge < -0.3 is 14.4 Å². The third-order valence-corrected chi connectivity index (χ3v) is 2.97. The van der Waals surface area contributed by atoms with Crippen LogP contribution >= 0.6 is 0 Å². The highest BCUT2D eigenvalue weighted by molar-refractivity contribution is 5.68. The Morgan fingerprint density at radius 2 is 2.16 bits per heavy atom. The molecule has 0 aliphatic carbocycles. The van der Waals surface area contributed by atoms with Crippen LogP contribution in [0.25, 0.3) is 0 Å². The van der Waals surface area contributed by atoms with Crippen LogP contribution in [-0.4, -0.2) is 41.9 Å². The van der Waals surface area contributed by atoms with Gasteiger partial charge in [-0.25, -0.2) is 4.79 Å². The Kier molecular flexibility index (Phi) is 5.19. The fourth-order valence-electron chi connectivity index (χ4n) is 2.00. The summed E-state index contributed by atoms with van der Waals surface area (Å²) in [7, 11) is 0. The van der Waals surface area contributed by atoms with Gasteiger partial charge in [-0.3, -0.25) is 0 Å². The summed E-state index contributed by atoms with van der Waals surface area (Å²) in [6, 6.07) is 2.09. The number of likely N-dealkylation sites (tertiary alicyclic amines) is 1. The number of amides is 1. The highest BCUT2D eigenvalue weighted by atomic mass is 16.6. The molecule has 5 heteroatoms. The Hall–Kier alpha value is -1.28. The summed E-state index contributed by atoms with van der Waals surface area (Å²) in [6.07, 6.45) is 1.76. The van der Waals surface area contributed by atoms with E-state index in [1.807, 2.05) is 27.7 Å². The summed E-state index contributed by atoms with van der Waals surface area (Å²) in [6.45, 7) is 9.35. The molecule has 1 fully saturated rings. The second-order valence-electron chi connectivity index (χ2n) is 6.21. The van der Waals surface area contributed by atoms with Crippen LogP contribution in [0.2, 0.25) is 0 Å². The summed E-state index contributed by atoms with van der Waals surface area (Å²) in [5.74, 6) is 0. The molecule has 0 aromatic carbocycles. The van der Waals surface area contributed by atoms with E-state index in [1.165, 1.54) is 0 Å². The number of carbonyl (C=O) groups excluding carboxylic acids is 1. The lowest BCUT2D eigenvalue weighted by Gasteiger charge is -2.27. The minimum Gasteiger partial charge on any atom is -0.444 e. The van der Waals surface area contributed by atoms with Crippen molar-refractivity contribution in [3.8, 4) is 6.07 Å². The molecule has 0 N–H and O–H groups in total. The lowest BCUT2D eigenvalue weighted by atomic mass is 10.1. The normalized spacial score (nSPS) is 23.2. The second-order valence-corrected chi connectivity index (χ2v) is 6.21. The smallest absolute Gasteiger partial charge is 0.410 e. The number of ether oxygens (including phenoxy) is 2. The highest BCUT2D eigenvalue weighted by Crippen LogP contribution is 2.26. The van der Waals surface area contributed by atoms with E-state index in [2.05, 4.69) is 6.07 Å². The number of hydrogen-bond acceptors (Lipinski definition) is 4. The van der Waals surface area contributed by atoms with Gasteiger partial charge in [-0.2, -0.15) is 5.26 Å². The predicted molar refractivity (Wildman–Crippen MR) is 71.6 cm³/mol. The molecule has 5 nitrogen and oxygen atoms in total. The van der Waals surface area contributed by atoms with Gasteiger partial charge in [-0.1, -0.05) is 0 Å². The fraction of sp³-hybridized carbons (Fsp3) is 0.857. The molecular weight excluding hydrogens is 244 g/mol. The van der Waals surface area contributed by atoms with Crippen LogP contribution in [0, 0.1) is 11.3 Å². The van der Waals surface area contributed by atoms with Crippen LogP contribution in [-0.2, 0) is 9.47 Å². The van der Waals surface area contributed by atoms with Crippen molar-refractivity contribution in [2.75, 3.05) is 19.7 Å². The molecular formula is C14H24N2O3. The molecule has 108 valence electrons. The van der Waals surface area contributed by atoms with Crippen LogP contribution in [0.3, 0.4) is 0 Å². The third kappa shape index (κ3) is 5.48. The number of nitrogens with zero attached hydrogens (tertiary/aromatic N) is 2. The lowest BCUT2D eigenvalue weighted by molar-refractivity contribution is -0.0277. The van der Waals surface area contributed by atoms with Gasteiger partial charge in [0.15, 0.2) is 0 Å². The van der Waals surface area contributed by atoms with Crippen molar-refractivity contribution < 1.29 is 14.3 Å². The largest absolute Gasteiger partial charge is 0.444 e. The Morgan fingerprint density at radius 3 is 2.74 bits per heavy atom. The molecule has 0 saturated carbocycles. The zero-order chi connectivity index (χ0) is 14.5. The van der Waals surface area contributed by atoms with Crippen LogP contribution in [0.15, 0.2) is 0 Å². The Labute approximate surface area is 115 Å². The minimum atomic E-state index is -0.469. The molecule has 1 atom stereocenters. The first kappa shape index (κ1) is 15.8. The van der Waals surface area contributed by atoms with Crippen molar-refractivity contribution in [3.05, 3.63) is 0 Å². The molecule has 19 heavy (non-hydrogen) atoms. The summed E-state index contributed by atoms with van der Waals surface area (Å²) >= 11 is 0.